The van der Waals surface area contributed by atoms with Crippen LogP contribution < -0.4 is 5.32 Å². The number of nitriles is 1. The van der Waals surface area contributed by atoms with Gasteiger partial charge in [0.15, 0.2) is 4.90 Å². The van der Waals surface area contributed by atoms with Gasteiger partial charge in [0, 0.05) is 6.42 Å². The molecule has 2 amide bonds. The molecule has 0 bridgehead atoms. The summed E-state index contributed by atoms with van der Waals surface area (Å²) < 4.78 is 31.9. The van der Waals surface area contributed by atoms with Crippen molar-refractivity contribution in [1.29, 1.82) is 5.26 Å². The van der Waals surface area contributed by atoms with Crippen molar-refractivity contribution in [3.05, 3.63) is 29.0 Å². The summed E-state index contributed by atoms with van der Waals surface area (Å²) in [5, 5.41) is 11.4. The van der Waals surface area contributed by atoms with Crippen molar-refractivity contribution in [2.45, 2.75) is 67.4 Å². The second-order valence-electron chi connectivity index (χ2n) is 8.56. The number of ether oxygens (including phenoxy) is 1. The monoisotopic (exact) mass is 455 g/mol. The summed E-state index contributed by atoms with van der Waals surface area (Å²) in [6, 6.07) is 4.72. The van der Waals surface area contributed by atoms with Gasteiger partial charge in [-0.15, -0.1) is 0 Å². The third-order valence-corrected chi connectivity index (χ3v) is 7.09. The van der Waals surface area contributed by atoms with Gasteiger partial charge >= 0.3 is 6.09 Å². The topological polar surface area (TPSA) is 105 Å². The lowest BCUT2D eigenvalue weighted by atomic mass is 10.2. The zero-order valence-corrected chi connectivity index (χ0v) is 18.5. The molecule has 3 atom stereocenters. The van der Waals surface area contributed by atoms with Crippen molar-refractivity contribution >= 4 is 34.8 Å². The SMILES string of the molecule is CC(C)(C)OC(=O)N1CC([S+]([O-])c2ccc(F)cc2Cl)CC1C(=O)NC1(C#N)CC1. The Kier molecular flexibility index (Phi) is 6.23. The van der Waals surface area contributed by atoms with Crippen LogP contribution in [0.1, 0.15) is 40.0 Å². The number of benzene rings is 1. The molecule has 1 aliphatic heterocycles. The van der Waals surface area contributed by atoms with Crippen LogP contribution in [0.15, 0.2) is 23.1 Å². The lowest BCUT2D eigenvalue weighted by Gasteiger charge is -2.28. The number of hydrogen-bond acceptors (Lipinski definition) is 5. The van der Waals surface area contributed by atoms with E-state index >= 15 is 0 Å². The Morgan fingerprint density at radius 1 is 1.43 bits per heavy atom. The van der Waals surface area contributed by atoms with Gasteiger partial charge in [-0.25, -0.2) is 9.18 Å². The van der Waals surface area contributed by atoms with Gasteiger partial charge in [0.25, 0.3) is 0 Å². The van der Waals surface area contributed by atoms with E-state index in [-0.39, 0.29) is 22.9 Å². The van der Waals surface area contributed by atoms with Gasteiger partial charge in [-0.2, -0.15) is 5.26 Å². The van der Waals surface area contributed by atoms with Crippen LogP contribution in [0.2, 0.25) is 5.02 Å². The summed E-state index contributed by atoms with van der Waals surface area (Å²) in [5.41, 5.74) is -1.67. The number of hydrogen-bond donors (Lipinski definition) is 1. The van der Waals surface area contributed by atoms with E-state index in [1.54, 1.807) is 20.8 Å². The molecule has 2 aliphatic rings. The van der Waals surface area contributed by atoms with E-state index in [0.29, 0.717) is 12.8 Å². The van der Waals surface area contributed by atoms with E-state index in [2.05, 4.69) is 11.4 Å². The summed E-state index contributed by atoms with van der Waals surface area (Å²) in [4.78, 5) is 27.1. The molecular formula is C20H23ClFN3O4S. The minimum absolute atomic E-state index is 0.00682. The van der Waals surface area contributed by atoms with Crippen molar-refractivity contribution in [2.75, 3.05) is 6.54 Å². The van der Waals surface area contributed by atoms with Crippen LogP contribution in [0, 0.1) is 17.1 Å². The van der Waals surface area contributed by atoms with Crippen molar-refractivity contribution in [3.8, 4) is 6.07 Å². The number of likely N-dealkylation sites (tertiary alicyclic amines) is 1. The second-order valence-corrected chi connectivity index (χ2v) is 10.7. The maximum atomic E-state index is 13.3. The number of carbonyl (C=O) groups excluding carboxylic acids is 2. The third kappa shape index (κ3) is 4.99. The highest BCUT2D eigenvalue weighted by molar-refractivity contribution is 7.92. The maximum Gasteiger partial charge on any atom is 0.411 e. The molecule has 1 saturated heterocycles. The zero-order valence-electron chi connectivity index (χ0n) is 16.9. The maximum absolute atomic E-state index is 13.3. The molecule has 1 aromatic rings. The Morgan fingerprint density at radius 3 is 2.63 bits per heavy atom. The highest BCUT2D eigenvalue weighted by atomic mass is 35.5. The van der Waals surface area contributed by atoms with Crippen molar-refractivity contribution in [2.24, 2.45) is 0 Å². The summed E-state index contributed by atoms with van der Waals surface area (Å²) in [6.45, 7) is 5.13. The van der Waals surface area contributed by atoms with E-state index in [1.165, 1.54) is 11.0 Å². The number of nitrogens with zero attached hydrogens (tertiary/aromatic N) is 2. The van der Waals surface area contributed by atoms with Gasteiger partial charge in [0.1, 0.15) is 28.2 Å². The standard InChI is InChI=1S/C20H23ClFN3O4S/c1-19(2,3)29-18(27)25-10-13(30(28)16-5-4-12(22)8-14(16)21)9-15(25)17(26)24-20(11-23)6-7-20/h4-5,8,13,15H,6-7,9-10H2,1-3H3,(H,24,26). The molecule has 0 spiro atoms. The molecule has 1 N–H and O–H groups in total. The van der Waals surface area contributed by atoms with Crippen LogP contribution in [0.3, 0.4) is 0 Å². The van der Waals surface area contributed by atoms with Crippen molar-refractivity contribution < 1.29 is 23.3 Å². The van der Waals surface area contributed by atoms with Crippen LogP contribution in [-0.2, 0) is 20.7 Å². The number of carbonyl (C=O) groups is 2. The minimum atomic E-state index is -1.68. The van der Waals surface area contributed by atoms with Crippen LogP contribution in [-0.4, -0.2) is 50.4 Å². The highest BCUT2D eigenvalue weighted by Gasteiger charge is 2.51. The Labute approximate surface area is 182 Å². The fourth-order valence-electron chi connectivity index (χ4n) is 3.25. The van der Waals surface area contributed by atoms with E-state index in [1.807, 2.05) is 0 Å². The van der Waals surface area contributed by atoms with Gasteiger partial charge in [-0.1, -0.05) is 11.6 Å². The fourth-order valence-corrected chi connectivity index (χ4v) is 5.11. The summed E-state index contributed by atoms with van der Waals surface area (Å²) in [7, 11) is 0. The van der Waals surface area contributed by atoms with Crippen LogP contribution in [0.5, 0.6) is 0 Å². The van der Waals surface area contributed by atoms with Crippen LogP contribution >= 0.6 is 11.6 Å². The lowest BCUT2D eigenvalue weighted by Crippen LogP contribution is -2.50. The molecule has 3 unspecified atom stereocenters. The molecule has 10 heteroatoms. The first kappa shape index (κ1) is 22.7. The van der Waals surface area contributed by atoms with E-state index in [9.17, 15) is 23.8 Å². The molecule has 1 heterocycles. The summed E-state index contributed by atoms with van der Waals surface area (Å²) in [6.07, 6.45) is 0.505. The first-order valence-electron chi connectivity index (χ1n) is 9.53. The Balaban J connectivity index is 1.82. The number of rotatable bonds is 4. The van der Waals surface area contributed by atoms with Crippen LogP contribution in [0.25, 0.3) is 0 Å². The average Bonchev–Trinajstić information content (AvgIpc) is 3.26. The average molecular weight is 456 g/mol. The van der Waals surface area contributed by atoms with Crippen molar-refractivity contribution in [1.82, 2.24) is 10.2 Å². The highest BCUT2D eigenvalue weighted by Crippen LogP contribution is 2.36. The zero-order chi connectivity index (χ0) is 22.3. The molecule has 3 rings (SSSR count). The van der Waals surface area contributed by atoms with E-state index in [0.717, 1.165) is 12.1 Å². The number of amides is 2. The molecule has 1 aliphatic carbocycles. The Morgan fingerprint density at radius 2 is 2.10 bits per heavy atom. The van der Waals surface area contributed by atoms with Gasteiger partial charge in [0.2, 0.25) is 5.91 Å². The molecule has 1 aromatic carbocycles. The van der Waals surface area contributed by atoms with Crippen molar-refractivity contribution in [3.63, 3.8) is 0 Å². The predicted octanol–water partition coefficient (Wildman–Crippen LogP) is 3.14. The molecule has 30 heavy (non-hydrogen) atoms. The summed E-state index contributed by atoms with van der Waals surface area (Å²) in [5.74, 6) is -1.03. The first-order chi connectivity index (χ1) is 13.9. The third-order valence-electron chi connectivity index (χ3n) is 4.93. The van der Waals surface area contributed by atoms with Gasteiger partial charge in [0.05, 0.1) is 17.6 Å². The van der Waals surface area contributed by atoms with E-state index < -0.39 is 51.4 Å². The van der Waals surface area contributed by atoms with Gasteiger partial charge in [-0.05, 0) is 63.0 Å². The largest absolute Gasteiger partial charge is 0.611 e. The Bertz CT molecular complexity index is 897. The molecule has 162 valence electrons. The second kappa shape index (κ2) is 8.25. The molecule has 1 saturated carbocycles. The molecule has 0 aromatic heterocycles. The molecule has 7 nitrogen and oxygen atoms in total. The fraction of sp³-hybridized carbons (Fsp3) is 0.550. The van der Waals surface area contributed by atoms with Gasteiger partial charge in [-0.3, -0.25) is 9.69 Å². The minimum Gasteiger partial charge on any atom is -0.611 e. The quantitative estimate of drug-likeness (QED) is 0.702. The van der Waals surface area contributed by atoms with E-state index in [4.69, 9.17) is 16.3 Å². The molecule has 0 radical (unpaired) electrons. The smallest absolute Gasteiger partial charge is 0.411 e. The predicted molar refractivity (Wildman–Crippen MR) is 109 cm³/mol. The normalized spacial score (nSPS) is 23.4. The van der Waals surface area contributed by atoms with Gasteiger partial charge < -0.3 is 14.6 Å². The molecule has 2 fully saturated rings. The molecular weight excluding hydrogens is 433 g/mol. The Hall–Kier alpha value is -2.02. The number of nitrogens with one attached hydrogen (secondary N) is 1. The summed E-state index contributed by atoms with van der Waals surface area (Å²) >= 11 is 4.37. The number of halogens is 2. The first-order valence-corrected chi connectivity index (χ1v) is 11.1. The lowest BCUT2D eigenvalue weighted by molar-refractivity contribution is -0.126. The van der Waals surface area contributed by atoms with Crippen LogP contribution in [0.4, 0.5) is 9.18 Å².